The van der Waals surface area contributed by atoms with Crippen LogP contribution in [-0.2, 0) is 9.53 Å². The molecule has 0 N–H and O–H groups in total. The number of carbonyl (C=O) groups is 2. The summed E-state index contributed by atoms with van der Waals surface area (Å²) in [5.41, 5.74) is 0.441. The summed E-state index contributed by atoms with van der Waals surface area (Å²) < 4.78 is 5.03. The molecule has 0 bridgehead atoms. The number of hydrogen-bond donors (Lipinski definition) is 0. The van der Waals surface area contributed by atoms with Gasteiger partial charge >= 0.3 is 11.9 Å². The lowest BCUT2D eigenvalue weighted by Gasteiger charge is -2.13. The zero-order valence-electron chi connectivity index (χ0n) is 13.3. The fourth-order valence-electron chi connectivity index (χ4n) is 3.34. The highest BCUT2D eigenvalue weighted by Crippen LogP contribution is 2.36. The number of rotatable bonds is 3. The second kappa shape index (κ2) is 5.60. The second-order valence-electron chi connectivity index (χ2n) is 5.98. The largest absolute Gasteiger partial charge is 0.389 e. The lowest BCUT2D eigenvalue weighted by molar-refractivity contribution is -0.137. The summed E-state index contributed by atoms with van der Waals surface area (Å²) >= 11 is 0. The molecule has 0 radical (unpaired) electrons. The van der Waals surface area contributed by atoms with Gasteiger partial charge in [-0.05, 0) is 44.8 Å². The van der Waals surface area contributed by atoms with E-state index in [0.29, 0.717) is 12.0 Å². The minimum atomic E-state index is -0.576. The van der Waals surface area contributed by atoms with Crippen molar-refractivity contribution in [2.24, 2.45) is 0 Å². The van der Waals surface area contributed by atoms with Gasteiger partial charge < -0.3 is 4.74 Å². The molecule has 4 aromatic carbocycles. The summed E-state index contributed by atoms with van der Waals surface area (Å²) in [6, 6.07) is 17.9. The van der Waals surface area contributed by atoms with Crippen molar-refractivity contribution < 1.29 is 14.3 Å². The quantitative estimate of drug-likeness (QED) is 0.301. The Kier molecular flexibility index (Phi) is 3.42. The first-order chi connectivity index (χ1) is 11.7. The predicted molar refractivity (Wildman–Crippen MR) is 95.5 cm³/mol. The molecule has 4 rings (SSSR count). The predicted octanol–water partition coefficient (Wildman–Crippen LogP) is 5.07. The molecule has 0 atom stereocenters. The van der Waals surface area contributed by atoms with Gasteiger partial charge in [-0.3, -0.25) is 4.79 Å². The van der Waals surface area contributed by atoms with Crippen molar-refractivity contribution in [2.75, 3.05) is 0 Å². The molecule has 4 aromatic rings. The van der Waals surface area contributed by atoms with E-state index in [1.165, 1.54) is 0 Å². The number of esters is 2. The molecule has 0 heterocycles. The molecule has 3 heteroatoms. The Hall–Kier alpha value is -2.94. The molecule has 118 valence electrons. The van der Waals surface area contributed by atoms with Crippen LogP contribution < -0.4 is 0 Å². The van der Waals surface area contributed by atoms with Crippen molar-refractivity contribution >= 4 is 44.3 Å². The van der Waals surface area contributed by atoms with Crippen molar-refractivity contribution in [2.45, 2.75) is 19.8 Å². The van der Waals surface area contributed by atoms with Crippen LogP contribution in [0.5, 0.6) is 0 Å². The fraction of sp³-hybridized carbons (Fsp3) is 0.143. The van der Waals surface area contributed by atoms with E-state index in [4.69, 9.17) is 4.74 Å². The number of benzene rings is 4. The molecule has 24 heavy (non-hydrogen) atoms. The van der Waals surface area contributed by atoms with Gasteiger partial charge in [-0.1, -0.05) is 55.5 Å². The van der Waals surface area contributed by atoms with Gasteiger partial charge in [0.05, 0.1) is 5.56 Å². The van der Waals surface area contributed by atoms with E-state index < -0.39 is 11.9 Å². The van der Waals surface area contributed by atoms with E-state index in [1.54, 1.807) is 0 Å². The normalized spacial score (nSPS) is 11.4. The van der Waals surface area contributed by atoms with Gasteiger partial charge in [0.2, 0.25) is 0 Å². The van der Waals surface area contributed by atoms with Crippen LogP contribution in [0.4, 0.5) is 0 Å². The lowest BCUT2D eigenvalue weighted by Crippen LogP contribution is -2.12. The Balaban J connectivity index is 1.98. The van der Waals surface area contributed by atoms with Crippen molar-refractivity contribution in [1.29, 1.82) is 0 Å². The van der Waals surface area contributed by atoms with Crippen molar-refractivity contribution in [1.82, 2.24) is 0 Å². The summed E-state index contributed by atoms with van der Waals surface area (Å²) in [7, 11) is 0. The number of ether oxygens (including phenoxy) is 1. The molecule has 0 aromatic heterocycles. The van der Waals surface area contributed by atoms with E-state index in [9.17, 15) is 9.59 Å². The first-order valence-corrected chi connectivity index (χ1v) is 8.10. The van der Waals surface area contributed by atoms with Gasteiger partial charge in [-0.15, -0.1) is 0 Å². The summed E-state index contributed by atoms with van der Waals surface area (Å²) in [6.07, 6.45) is 0.901. The average molecular weight is 316 g/mol. The van der Waals surface area contributed by atoms with Gasteiger partial charge in [0.1, 0.15) is 0 Å². The molecule has 0 aliphatic rings. The first-order valence-electron chi connectivity index (χ1n) is 8.10. The molecule has 0 fully saturated rings. The van der Waals surface area contributed by atoms with E-state index in [1.807, 2.05) is 43.3 Å². The van der Waals surface area contributed by atoms with Crippen LogP contribution in [0.1, 0.15) is 30.1 Å². The Bertz CT molecular complexity index is 1080. The topological polar surface area (TPSA) is 43.4 Å². The highest BCUT2D eigenvalue weighted by Gasteiger charge is 2.19. The maximum Gasteiger partial charge on any atom is 0.346 e. The molecule has 0 unspecified atom stereocenters. The van der Waals surface area contributed by atoms with Crippen LogP contribution in [0.15, 0.2) is 54.6 Å². The maximum atomic E-state index is 12.5. The van der Waals surface area contributed by atoms with Gasteiger partial charge in [0, 0.05) is 6.42 Å². The molecule has 0 spiro atoms. The van der Waals surface area contributed by atoms with Crippen LogP contribution in [0.3, 0.4) is 0 Å². The number of hydrogen-bond acceptors (Lipinski definition) is 3. The van der Waals surface area contributed by atoms with Gasteiger partial charge in [0.25, 0.3) is 0 Å². The van der Waals surface area contributed by atoms with Gasteiger partial charge in [0.15, 0.2) is 0 Å². The molecule has 3 nitrogen and oxygen atoms in total. The van der Waals surface area contributed by atoms with Crippen LogP contribution in [-0.4, -0.2) is 11.9 Å². The summed E-state index contributed by atoms with van der Waals surface area (Å²) in [5.74, 6) is -1.06. The monoisotopic (exact) mass is 316 g/mol. The average Bonchev–Trinajstić information content (AvgIpc) is 2.59. The third-order valence-corrected chi connectivity index (χ3v) is 4.39. The molecule has 0 saturated heterocycles. The Morgan fingerprint density at radius 1 is 0.875 bits per heavy atom. The Labute approximate surface area is 139 Å². The molecule has 0 aliphatic heterocycles. The summed E-state index contributed by atoms with van der Waals surface area (Å²) in [6.45, 7) is 1.88. The summed E-state index contributed by atoms with van der Waals surface area (Å²) in [4.78, 5) is 24.2. The van der Waals surface area contributed by atoms with Gasteiger partial charge in [-0.2, -0.15) is 0 Å². The highest BCUT2D eigenvalue weighted by atomic mass is 16.6. The third kappa shape index (κ3) is 2.21. The zero-order valence-corrected chi connectivity index (χ0v) is 13.3. The SMILES string of the molecule is CCCC(=O)OC(=O)c1cc2cccc3ccc4cccc1c4c32. The minimum Gasteiger partial charge on any atom is -0.389 e. The van der Waals surface area contributed by atoms with Crippen LogP contribution in [0, 0.1) is 0 Å². The van der Waals surface area contributed by atoms with Crippen molar-refractivity contribution in [3.05, 3.63) is 60.2 Å². The van der Waals surface area contributed by atoms with Crippen LogP contribution in [0.2, 0.25) is 0 Å². The fourth-order valence-corrected chi connectivity index (χ4v) is 3.34. The van der Waals surface area contributed by atoms with Crippen LogP contribution >= 0.6 is 0 Å². The lowest BCUT2D eigenvalue weighted by atomic mass is 9.91. The Morgan fingerprint density at radius 3 is 2.29 bits per heavy atom. The third-order valence-electron chi connectivity index (χ3n) is 4.39. The van der Waals surface area contributed by atoms with Crippen LogP contribution in [0.25, 0.3) is 32.3 Å². The molecular formula is C21H16O3. The maximum absolute atomic E-state index is 12.5. The minimum absolute atomic E-state index is 0.245. The Morgan fingerprint density at radius 2 is 1.54 bits per heavy atom. The molecular weight excluding hydrogens is 300 g/mol. The summed E-state index contributed by atoms with van der Waals surface area (Å²) in [5, 5.41) is 6.20. The van der Waals surface area contributed by atoms with E-state index in [-0.39, 0.29) is 6.42 Å². The number of carbonyl (C=O) groups excluding carboxylic acids is 2. The van der Waals surface area contributed by atoms with Crippen molar-refractivity contribution in [3.63, 3.8) is 0 Å². The molecule has 0 amide bonds. The highest BCUT2D eigenvalue weighted by molar-refractivity contribution is 6.27. The van der Waals surface area contributed by atoms with E-state index in [0.717, 1.165) is 32.3 Å². The smallest absolute Gasteiger partial charge is 0.346 e. The standard InChI is InChI=1S/C21H16O3/c1-2-5-18(22)24-21(23)17-12-15-8-3-6-13-10-11-14-7-4-9-16(17)20(14)19(13)15/h3-4,6-12H,2,5H2,1H3. The molecule has 0 aliphatic carbocycles. The van der Waals surface area contributed by atoms with Gasteiger partial charge in [-0.25, -0.2) is 4.79 Å². The first kappa shape index (κ1) is 14.6. The molecule has 0 saturated carbocycles. The zero-order chi connectivity index (χ0) is 16.7. The van der Waals surface area contributed by atoms with E-state index >= 15 is 0 Å². The van der Waals surface area contributed by atoms with E-state index in [2.05, 4.69) is 18.2 Å². The van der Waals surface area contributed by atoms with Crippen molar-refractivity contribution in [3.8, 4) is 0 Å². The second-order valence-corrected chi connectivity index (χ2v) is 5.98.